The van der Waals surface area contributed by atoms with Gasteiger partial charge in [0.2, 0.25) is 0 Å². The van der Waals surface area contributed by atoms with Crippen LogP contribution in [0.25, 0.3) is 0 Å². The van der Waals surface area contributed by atoms with Gasteiger partial charge in [0.15, 0.2) is 0 Å². The Hall–Kier alpha value is -2.09. The molecule has 112 valence electrons. The van der Waals surface area contributed by atoms with Crippen molar-refractivity contribution in [3.05, 3.63) is 45.4 Å². The first-order chi connectivity index (χ1) is 9.79. The van der Waals surface area contributed by atoms with Crippen LogP contribution >= 0.6 is 11.3 Å². The van der Waals surface area contributed by atoms with Crippen molar-refractivity contribution >= 4 is 22.9 Å². The molecule has 3 N–H and O–H groups in total. The Balaban J connectivity index is 2.15. The Morgan fingerprint density at radius 1 is 1.43 bits per heavy atom. The van der Waals surface area contributed by atoms with Gasteiger partial charge in [-0.05, 0) is 25.1 Å². The zero-order chi connectivity index (χ0) is 15.6. The number of nitrogens with zero attached hydrogens (tertiary/aromatic N) is 1. The monoisotopic (exact) mass is 315 g/mol. The van der Waals surface area contributed by atoms with Crippen LogP contribution in [0.15, 0.2) is 23.7 Å². The molecule has 0 aliphatic carbocycles. The summed E-state index contributed by atoms with van der Waals surface area (Å²) in [6, 6.07) is 3.10. The molecule has 1 amide bonds. The van der Waals surface area contributed by atoms with Crippen LogP contribution in [0.1, 0.15) is 26.5 Å². The molecule has 2 aromatic rings. The molecule has 2 rings (SSSR count). The van der Waals surface area contributed by atoms with Crippen LogP contribution < -0.4 is 11.1 Å². The third-order valence-corrected chi connectivity index (χ3v) is 3.81. The first-order valence-electron chi connectivity index (χ1n) is 5.93. The summed E-state index contributed by atoms with van der Waals surface area (Å²) in [6.45, 7) is 2.02. The van der Waals surface area contributed by atoms with Crippen molar-refractivity contribution < 1.29 is 18.0 Å². The van der Waals surface area contributed by atoms with E-state index >= 15 is 0 Å². The van der Waals surface area contributed by atoms with Gasteiger partial charge in [-0.2, -0.15) is 13.2 Å². The van der Waals surface area contributed by atoms with Gasteiger partial charge in [-0.25, -0.2) is 4.98 Å². The Bertz CT molecular complexity index is 667. The second-order valence-electron chi connectivity index (χ2n) is 4.34. The number of aryl methyl sites for hydroxylation is 1. The zero-order valence-corrected chi connectivity index (χ0v) is 11.8. The van der Waals surface area contributed by atoms with Crippen LogP contribution in [0.3, 0.4) is 0 Å². The smallest absolute Gasteiger partial charge is 0.398 e. The molecule has 8 heteroatoms. The number of hydrogen-bond acceptors (Lipinski definition) is 4. The lowest BCUT2D eigenvalue weighted by atomic mass is 10.1. The van der Waals surface area contributed by atoms with Gasteiger partial charge in [0.1, 0.15) is 0 Å². The highest BCUT2D eigenvalue weighted by Gasteiger charge is 2.33. The maximum atomic E-state index is 12.7. The van der Waals surface area contributed by atoms with E-state index in [1.54, 1.807) is 12.4 Å². The van der Waals surface area contributed by atoms with Crippen LogP contribution in [0.2, 0.25) is 0 Å². The van der Waals surface area contributed by atoms with E-state index in [9.17, 15) is 18.0 Å². The number of carbonyl (C=O) groups excluding carboxylic acids is 1. The maximum Gasteiger partial charge on any atom is 0.418 e. The number of hydrogen-bond donors (Lipinski definition) is 2. The van der Waals surface area contributed by atoms with Crippen molar-refractivity contribution in [1.29, 1.82) is 0 Å². The largest absolute Gasteiger partial charge is 0.418 e. The average molecular weight is 315 g/mol. The van der Waals surface area contributed by atoms with E-state index in [0.717, 1.165) is 22.7 Å². The summed E-state index contributed by atoms with van der Waals surface area (Å²) in [5, 5.41) is 2.56. The summed E-state index contributed by atoms with van der Waals surface area (Å²) in [6.07, 6.45) is -4.59. The second kappa shape index (κ2) is 5.72. The number of thiazole rings is 1. The Labute approximate surface area is 122 Å². The molecule has 0 aliphatic heterocycles. The number of nitrogens with one attached hydrogen (secondary N) is 1. The van der Waals surface area contributed by atoms with Crippen molar-refractivity contribution in [2.75, 3.05) is 5.73 Å². The van der Waals surface area contributed by atoms with Crippen LogP contribution in [0, 0.1) is 6.92 Å². The molecular formula is C13H12F3N3OS. The van der Waals surface area contributed by atoms with Gasteiger partial charge in [0.25, 0.3) is 5.91 Å². The Morgan fingerprint density at radius 2 is 2.14 bits per heavy atom. The first kappa shape index (κ1) is 15.3. The lowest BCUT2D eigenvalue weighted by molar-refractivity contribution is -0.136. The van der Waals surface area contributed by atoms with Crippen molar-refractivity contribution in [2.24, 2.45) is 0 Å². The van der Waals surface area contributed by atoms with Gasteiger partial charge in [-0.3, -0.25) is 4.79 Å². The van der Waals surface area contributed by atoms with Crippen molar-refractivity contribution in [3.8, 4) is 0 Å². The van der Waals surface area contributed by atoms with Gasteiger partial charge in [0, 0.05) is 16.1 Å². The fourth-order valence-corrected chi connectivity index (χ4v) is 2.42. The molecule has 0 saturated carbocycles. The number of anilines is 1. The quantitative estimate of drug-likeness (QED) is 0.856. The number of halogens is 3. The summed E-state index contributed by atoms with van der Waals surface area (Å²) >= 11 is 1.37. The SMILES string of the molecule is Cc1ncsc1CNC(=O)c1ccc(N)c(C(F)(F)F)c1. The van der Waals surface area contributed by atoms with E-state index in [0.29, 0.717) is 0 Å². The van der Waals surface area contributed by atoms with Crippen LogP contribution in [0.4, 0.5) is 18.9 Å². The average Bonchev–Trinajstić information content (AvgIpc) is 2.80. The third-order valence-electron chi connectivity index (χ3n) is 2.88. The first-order valence-corrected chi connectivity index (χ1v) is 6.81. The highest BCUT2D eigenvalue weighted by Crippen LogP contribution is 2.34. The number of nitrogens with two attached hydrogens (primary N) is 1. The zero-order valence-electron chi connectivity index (χ0n) is 11.0. The van der Waals surface area contributed by atoms with Gasteiger partial charge in [0.05, 0.1) is 23.3 Å². The standard InChI is InChI=1S/C13H12F3N3OS/c1-7-11(21-6-19-7)5-18-12(20)8-2-3-10(17)9(4-8)13(14,15)16/h2-4,6H,5,17H2,1H3,(H,18,20). The highest BCUT2D eigenvalue weighted by molar-refractivity contribution is 7.09. The van der Waals surface area contributed by atoms with Gasteiger partial charge >= 0.3 is 6.18 Å². The molecule has 21 heavy (non-hydrogen) atoms. The third kappa shape index (κ3) is 3.52. The summed E-state index contributed by atoms with van der Waals surface area (Å²) in [4.78, 5) is 16.8. The molecule has 0 fully saturated rings. The number of carbonyl (C=O) groups is 1. The number of alkyl halides is 3. The fraction of sp³-hybridized carbons (Fsp3) is 0.231. The number of amides is 1. The molecule has 1 aromatic heterocycles. The minimum Gasteiger partial charge on any atom is -0.398 e. The predicted molar refractivity (Wildman–Crippen MR) is 73.9 cm³/mol. The molecule has 0 unspecified atom stereocenters. The maximum absolute atomic E-state index is 12.7. The van der Waals surface area contributed by atoms with E-state index in [4.69, 9.17) is 5.73 Å². The second-order valence-corrected chi connectivity index (χ2v) is 5.28. The molecule has 0 spiro atoms. The molecule has 0 saturated heterocycles. The molecular weight excluding hydrogens is 303 g/mol. The molecule has 0 radical (unpaired) electrons. The van der Waals surface area contributed by atoms with E-state index in [-0.39, 0.29) is 12.1 Å². The van der Waals surface area contributed by atoms with Crippen molar-refractivity contribution in [3.63, 3.8) is 0 Å². The number of aromatic nitrogens is 1. The summed E-state index contributed by atoms with van der Waals surface area (Å²) in [5.74, 6) is -0.590. The van der Waals surface area contributed by atoms with Gasteiger partial charge in [-0.1, -0.05) is 0 Å². The molecule has 0 atom stereocenters. The Kier molecular flexibility index (Phi) is 4.17. The lowest BCUT2D eigenvalue weighted by Gasteiger charge is -2.11. The fourth-order valence-electron chi connectivity index (χ4n) is 1.70. The van der Waals surface area contributed by atoms with Gasteiger partial charge in [-0.15, -0.1) is 11.3 Å². The predicted octanol–water partition coefficient (Wildman–Crippen LogP) is 2.98. The van der Waals surface area contributed by atoms with Crippen LogP contribution in [-0.4, -0.2) is 10.9 Å². The summed E-state index contributed by atoms with van der Waals surface area (Å²) < 4.78 is 38.2. The van der Waals surface area contributed by atoms with E-state index in [1.165, 1.54) is 17.4 Å². The summed E-state index contributed by atoms with van der Waals surface area (Å²) in [7, 11) is 0. The molecule has 4 nitrogen and oxygen atoms in total. The van der Waals surface area contributed by atoms with Crippen molar-refractivity contribution in [2.45, 2.75) is 19.6 Å². The van der Waals surface area contributed by atoms with Crippen LogP contribution in [-0.2, 0) is 12.7 Å². The molecule has 1 aromatic carbocycles. The minimum absolute atomic E-state index is 0.0845. The minimum atomic E-state index is -4.59. The number of nitrogen functional groups attached to an aromatic ring is 1. The van der Waals surface area contributed by atoms with Crippen molar-refractivity contribution in [1.82, 2.24) is 10.3 Å². The Morgan fingerprint density at radius 3 is 2.71 bits per heavy atom. The normalized spacial score (nSPS) is 11.4. The molecule has 0 bridgehead atoms. The van der Waals surface area contributed by atoms with E-state index in [2.05, 4.69) is 10.3 Å². The lowest BCUT2D eigenvalue weighted by Crippen LogP contribution is -2.23. The highest BCUT2D eigenvalue weighted by atomic mass is 32.1. The van der Waals surface area contributed by atoms with Crippen LogP contribution in [0.5, 0.6) is 0 Å². The topological polar surface area (TPSA) is 68.0 Å². The molecule has 1 heterocycles. The van der Waals surface area contributed by atoms with E-state index < -0.39 is 23.3 Å². The van der Waals surface area contributed by atoms with E-state index in [1.807, 2.05) is 0 Å². The summed E-state index contributed by atoms with van der Waals surface area (Å²) in [5.41, 5.74) is 6.21. The van der Waals surface area contributed by atoms with Gasteiger partial charge < -0.3 is 11.1 Å². The number of benzene rings is 1. The molecule has 0 aliphatic rings. The number of rotatable bonds is 3.